The fourth-order valence-electron chi connectivity index (χ4n) is 2.76. The molecule has 140 valence electrons. The zero-order valence-electron chi connectivity index (χ0n) is 14.0. The van der Waals surface area contributed by atoms with Gasteiger partial charge in [0.05, 0.1) is 27.6 Å². The minimum absolute atomic E-state index is 0.0420. The van der Waals surface area contributed by atoms with Crippen molar-refractivity contribution in [2.75, 3.05) is 32.8 Å². The van der Waals surface area contributed by atoms with Crippen LogP contribution in [-0.4, -0.2) is 54.9 Å². The van der Waals surface area contributed by atoms with Crippen molar-refractivity contribution in [1.82, 2.24) is 4.90 Å². The van der Waals surface area contributed by atoms with Crippen molar-refractivity contribution in [3.8, 4) is 5.75 Å². The lowest BCUT2D eigenvalue weighted by Gasteiger charge is -2.32. The van der Waals surface area contributed by atoms with Crippen molar-refractivity contribution in [3.05, 3.63) is 27.2 Å². The average Bonchev–Trinajstić information content (AvgIpc) is 2.58. The first-order chi connectivity index (χ1) is 11.9. The summed E-state index contributed by atoms with van der Waals surface area (Å²) in [5, 5.41) is 11.2. The number of hydrogen-bond donors (Lipinski definition) is 1. The number of benzene rings is 1. The fraction of sp³-hybridized carbons (Fsp3) is 0.588. The molecule has 0 amide bonds. The standard InChI is InChI=1S/C17H22Cl3NO4/c1-2-24-17(23)11-3-5-21(6-4-11)9-12(22)10-25-16-8-14(19)13(18)7-15(16)20/h7-8,11-12,22H,2-6,9-10H2,1H3/t12-/m0/s1. The molecule has 0 unspecified atom stereocenters. The average molecular weight is 411 g/mol. The van der Waals surface area contributed by atoms with E-state index in [1.54, 1.807) is 0 Å². The zero-order valence-corrected chi connectivity index (χ0v) is 16.3. The molecule has 0 saturated carbocycles. The lowest BCUT2D eigenvalue weighted by atomic mass is 9.97. The number of aliphatic hydroxyl groups excluding tert-OH is 1. The number of ether oxygens (including phenoxy) is 2. The zero-order chi connectivity index (χ0) is 18.4. The molecule has 5 nitrogen and oxygen atoms in total. The van der Waals surface area contributed by atoms with Crippen LogP contribution in [0.1, 0.15) is 19.8 Å². The molecule has 0 aromatic heterocycles. The van der Waals surface area contributed by atoms with Gasteiger partial charge in [-0.2, -0.15) is 0 Å². The summed E-state index contributed by atoms with van der Waals surface area (Å²) in [5.41, 5.74) is 0. The summed E-state index contributed by atoms with van der Waals surface area (Å²) in [4.78, 5) is 13.8. The molecule has 1 aliphatic rings. The molecule has 0 aliphatic carbocycles. The monoisotopic (exact) mass is 409 g/mol. The molecular weight excluding hydrogens is 389 g/mol. The Morgan fingerprint density at radius 2 is 1.88 bits per heavy atom. The van der Waals surface area contributed by atoms with E-state index >= 15 is 0 Å². The summed E-state index contributed by atoms with van der Waals surface area (Å²) in [7, 11) is 0. The lowest BCUT2D eigenvalue weighted by molar-refractivity contribution is -0.149. The van der Waals surface area contributed by atoms with E-state index in [4.69, 9.17) is 44.3 Å². The van der Waals surface area contributed by atoms with Gasteiger partial charge in [-0.25, -0.2) is 0 Å². The minimum Gasteiger partial charge on any atom is -0.489 e. The van der Waals surface area contributed by atoms with E-state index in [0.29, 0.717) is 34.0 Å². The molecule has 0 bridgehead atoms. The fourth-order valence-corrected chi connectivity index (χ4v) is 3.35. The van der Waals surface area contributed by atoms with Crippen LogP contribution >= 0.6 is 34.8 Å². The summed E-state index contributed by atoms with van der Waals surface area (Å²) in [5.74, 6) is 0.219. The molecule has 2 rings (SSSR count). The van der Waals surface area contributed by atoms with Crippen LogP contribution in [0.25, 0.3) is 0 Å². The first kappa shape index (κ1) is 20.6. The number of rotatable bonds is 7. The van der Waals surface area contributed by atoms with Crippen LogP contribution in [0.3, 0.4) is 0 Å². The Kier molecular flexibility index (Phi) is 8.10. The Labute approximate surface area is 162 Å². The summed E-state index contributed by atoms with van der Waals surface area (Å²) in [6.07, 6.45) is 0.806. The second-order valence-electron chi connectivity index (χ2n) is 5.99. The van der Waals surface area contributed by atoms with E-state index in [1.807, 2.05) is 6.92 Å². The normalized spacial score (nSPS) is 17.3. The third-order valence-corrected chi connectivity index (χ3v) is 5.10. The molecule has 1 fully saturated rings. The Morgan fingerprint density at radius 3 is 2.52 bits per heavy atom. The van der Waals surface area contributed by atoms with Crippen molar-refractivity contribution in [2.45, 2.75) is 25.9 Å². The second-order valence-corrected chi connectivity index (χ2v) is 7.21. The number of aliphatic hydroxyl groups is 1. The second kappa shape index (κ2) is 9.83. The van der Waals surface area contributed by atoms with Crippen LogP contribution in [-0.2, 0) is 9.53 Å². The molecule has 1 aromatic carbocycles. The number of carbonyl (C=O) groups excluding carboxylic acids is 1. The van der Waals surface area contributed by atoms with E-state index in [9.17, 15) is 9.90 Å². The predicted molar refractivity (Wildman–Crippen MR) is 98.8 cm³/mol. The van der Waals surface area contributed by atoms with Crippen LogP contribution in [0.5, 0.6) is 5.75 Å². The summed E-state index contributed by atoms with van der Waals surface area (Å²) in [6.45, 7) is 4.27. The number of likely N-dealkylation sites (tertiary alicyclic amines) is 1. The summed E-state index contributed by atoms with van der Waals surface area (Å²) >= 11 is 17.9. The number of nitrogens with zero attached hydrogens (tertiary/aromatic N) is 1. The SMILES string of the molecule is CCOC(=O)C1CCN(C[C@H](O)COc2cc(Cl)c(Cl)cc2Cl)CC1. The molecule has 1 N–H and O–H groups in total. The molecule has 1 aromatic rings. The predicted octanol–water partition coefficient (Wildman–Crippen LogP) is 3.66. The van der Waals surface area contributed by atoms with Crippen LogP contribution in [0.15, 0.2) is 12.1 Å². The Bertz CT molecular complexity index is 592. The molecule has 1 saturated heterocycles. The van der Waals surface area contributed by atoms with Crippen LogP contribution in [0.2, 0.25) is 15.1 Å². The number of halogens is 3. The van der Waals surface area contributed by atoms with E-state index < -0.39 is 6.10 Å². The largest absolute Gasteiger partial charge is 0.489 e. The van der Waals surface area contributed by atoms with Crippen LogP contribution < -0.4 is 4.74 Å². The van der Waals surface area contributed by atoms with Gasteiger partial charge in [0.15, 0.2) is 0 Å². The van der Waals surface area contributed by atoms with Crippen molar-refractivity contribution < 1.29 is 19.4 Å². The van der Waals surface area contributed by atoms with Gasteiger partial charge in [-0.15, -0.1) is 0 Å². The van der Waals surface area contributed by atoms with Crippen molar-refractivity contribution in [2.24, 2.45) is 5.92 Å². The van der Waals surface area contributed by atoms with Gasteiger partial charge in [0.1, 0.15) is 18.5 Å². The van der Waals surface area contributed by atoms with Crippen LogP contribution in [0.4, 0.5) is 0 Å². The van der Waals surface area contributed by atoms with Gasteiger partial charge in [0, 0.05) is 12.6 Å². The smallest absolute Gasteiger partial charge is 0.309 e. The minimum atomic E-state index is -0.676. The van der Waals surface area contributed by atoms with Gasteiger partial charge >= 0.3 is 5.97 Å². The number of esters is 1. The molecule has 25 heavy (non-hydrogen) atoms. The van der Waals surface area contributed by atoms with E-state index in [0.717, 1.165) is 25.9 Å². The Balaban J connectivity index is 1.75. The van der Waals surface area contributed by atoms with Gasteiger partial charge in [0.25, 0.3) is 0 Å². The molecule has 0 radical (unpaired) electrons. The maximum absolute atomic E-state index is 11.7. The van der Waals surface area contributed by atoms with Crippen LogP contribution in [0, 0.1) is 5.92 Å². The first-order valence-electron chi connectivity index (χ1n) is 8.25. The molecule has 1 aliphatic heterocycles. The number of carbonyl (C=O) groups is 1. The molecule has 1 atom stereocenters. The van der Waals surface area contributed by atoms with Gasteiger partial charge < -0.3 is 19.5 Å². The summed E-state index contributed by atoms with van der Waals surface area (Å²) in [6, 6.07) is 3.04. The Hall–Kier alpha value is -0.720. The van der Waals surface area contributed by atoms with E-state index in [1.165, 1.54) is 12.1 Å². The Morgan fingerprint density at radius 1 is 1.24 bits per heavy atom. The maximum atomic E-state index is 11.7. The first-order valence-corrected chi connectivity index (χ1v) is 9.38. The van der Waals surface area contributed by atoms with E-state index in [-0.39, 0.29) is 18.5 Å². The molecule has 0 spiro atoms. The van der Waals surface area contributed by atoms with E-state index in [2.05, 4.69) is 4.90 Å². The third-order valence-electron chi connectivity index (χ3n) is 4.08. The lowest BCUT2D eigenvalue weighted by Crippen LogP contribution is -2.42. The quantitative estimate of drug-likeness (QED) is 0.549. The van der Waals surface area contributed by atoms with Gasteiger partial charge in [0.2, 0.25) is 0 Å². The van der Waals surface area contributed by atoms with Gasteiger partial charge in [-0.3, -0.25) is 4.79 Å². The molecule has 8 heteroatoms. The van der Waals surface area contributed by atoms with Crippen molar-refractivity contribution >= 4 is 40.8 Å². The highest BCUT2D eigenvalue weighted by molar-refractivity contribution is 6.43. The van der Waals surface area contributed by atoms with Crippen molar-refractivity contribution in [3.63, 3.8) is 0 Å². The molecule has 1 heterocycles. The maximum Gasteiger partial charge on any atom is 0.309 e. The summed E-state index contributed by atoms with van der Waals surface area (Å²) < 4.78 is 10.6. The number of β-amino-alcohol motifs (C(OH)–C–C–N with tert-alkyl or cyclic N) is 1. The number of hydrogen-bond acceptors (Lipinski definition) is 5. The third kappa shape index (κ3) is 6.19. The van der Waals surface area contributed by atoms with Crippen molar-refractivity contribution in [1.29, 1.82) is 0 Å². The number of piperidine rings is 1. The topological polar surface area (TPSA) is 59.0 Å². The molecular formula is C17H22Cl3NO4. The highest BCUT2D eigenvalue weighted by Gasteiger charge is 2.26. The highest BCUT2D eigenvalue weighted by Crippen LogP contribution is 2.33. The van der Waals surface area contributed by atoms with Gasteiger partial charge in [-0.05, 0) is 38.9 Å². The highest BCUT2D eigenvalue weighted by atomic mass is 35.5. The van der Waals surface area contributed by atoms with Gasteiger partial charge in [-0.1, -0.05) is 34.8 Å².